The lowest BCUT2D eigenvalue weighted by atomic mass is 9.64. The van der Waals surface area contributed by atoms with Crippen molar-refractivity contribution < 1.29 is 27.1 Å². The van der Waals surface area contributed by atoms with Crippen molar-refractivity contribution in [3.8, 4) is 11.5 Å². The van der Waals surface area contributed by atoms with Gasteiger partial charge in [0, 0.05) is 6.07 Å². The number of ether oxygens (including phenoxy) is 2. The van der Waals surface area contributed by atoms with Crippen LogP contribution in [0, 0.1) is 5.82 Å². The fraction of sp³-hybridized carbons (Fsp3) is 0.316. The van der Waals surface area contributed by atoms with Gasteiger partial charge < -0.3 is 9.47 Å². The van der Waals surface area contributed by atoms with Crippen molar-refractivity contribution in [2.45, 2.75) is 29.6 Å². The first-order valence-electron chi connectivity index (χ1n) is 8.64. The van der Waals surface area contributed by atoms with Gasteiger partial charge in [0.15, 0.2) is 11.5 Å². The average Bonchev–Trinajstić information content (AvgIpc) is 2.60. The van der Waals surface area contributed by atoms with E-state index < -0.39 is 27.2 Å². The number of hydrogen-bond donors (Lipinski definition) is 1. The van der Waals surface area contributed by atoms with Gasteiger partial charge in [0.1, 0.15) is 19.0 Å². The number of halogens is 1. The highest BCUT2D eigenvalue weighted by atomic mass is 32.2. The zero-order valence-corrected chi connectivity index (χ0v) is 15.2. The van der Waals surface area contributed by atoms with Gasteiger partial charge in [-0.3, -0.25) is 4.79 Å². The van der Waals surface area contributed by atoms with E-state index in [0.717, 1.165) is 6.42 Å². The van der Waals surface area contributed by atoms with Gasteiger partial charge in [0.25, 0.3) is 10.0 Å². The molecule has 0 radical (unpaired) electrons. The van der Waals surface area contributed by atoms with E-state index in [-0.39, 0.29) is 4.90 Å². The maximum atomic E-state index is 13.6. The normalized spacial score (nSPS) is 17.7. The summed E-state index contributed by atoms with van der Waals surface area (Å²) in [6.07, 6.45) is 1.71. The molecule has 0 bridgehead atoms. The van der Waals surface area contributed by atoms with Gasteiger partial charge in [0.2, 0.25) is 5.91 Å². The number of hydrogen-bond acceptors (Lipinski definition) is 5. The van der Waals surface area contributed by atoms with Crippen LogP contribution < -0.4 is 14.2 Å². The van der Waals surface area contributed by atoms with Gasteiger partial charge in [-0.2, -0.15) is 0 Å². The van der Waals surface area contributed by atoms with Crippen molar-refractivity contribution in [3.63, 3.8) is 0 Å². The molecule has 1 heterocycles. The fourth-order valence-corrected chi connectivity index (χ4v) is 4.50. The van der Waals surface area contributed by atoms with E-state index in [9.17, 15) is 17.6 Å². The summed E-state index contributed by atoms with van der Waals surface area (Å²) in [4.78, 5) is 12.8. The van der Waals surface area contributed by atoms with Gasteiger partial charge in [-0.15, -0.1) is 0 Å². The van der Waals surface area contributed by atoms with Gasteiger partial charge in [-0.25, -0.2) is 17.5 Å². The molecule has 1 amide bonds. The molecular formula is C19H18FNO5S. The molecule has 0 atom stereocenters. The molecule has 0 spiro atoms. The smallest absolute Gasteiger partial charge is 0.264 e. The minimum absolute atomic E-state index is 0.0891. The third kappa shape index (κ3) is 3.14. The van der Waals surface area contributed by atoms with E-state index in [1.807, 2.05) is 0 Å². The molecule has 1 aliphatic heterocycles. The molecule has 8 heteroatoms. The highest BCUT2D eigenvalue weighted by Gasteiger charge is 2.47. The number of carbonyl (C=O) groups excluding carboxylic acids is 1. The quantitative estimate of drug-likeness (QED) is 0.866. The monoisotopic (exact) mass is 391 g/mol. The summed E-state index contributed by atoms with van der Waals surface area (Å²) in [7, 11) is -4.10. The van der Waals surface area contributed by atoms with Crippen LogP contribution in [0.15, 0.2) is 47.4 Å². The summed E-state index contributed by atoms with van der Waals surface area (Å²) in [5.74, 6) is -0.322. The molecule has 1 aliphatic carbocycles. The molecular weight excluding hydrogens is 373 g/mol. The molecule has 0 unspecified atom stereocenters. The second kappa shape index (κ2) is 6.53. The van der Waals surface area contributed by atoms with E-state index in [2.05, 4.69) is 4.72 Å². The van der Waals surface area contributed by atoms with Gasteiger partial charge >= 0.3 is 0 Å². The molecule has 0 saturated heterocycles. The van der Waals surface area contributed by atoms with Crippen LogP contribution >= 0.6 is 0 Å². The Morgan fingerprint density at radius 2 is 1.78 bits per heavy atom. The number of nitrogens with one attached hydrogen (secondary N) is 1. The van der Waals surface area contributed by atoms with E-state index in [4.69, 9.17) is 9.47 Å². The first-order valence-corrected chi connectivity index (χ1v) is 10.1. The Bertz CT molecular complexity index is 1000. The lowest BCUT2D eigenvalue weighted by Crippen LogP contribution is -2.50. The summed E-state index contributed by atoms with van der Waals surface area (Å²) < 4.78 is 52.0. The van der Waals surface area contributed by atoms with Crippen LogP contribution in [0.4, 0.5) is 4.39 Å². The second-order valence-electron chi connectivity index (χ2n) is 6.69. The third-order valence-corrected chi connectivity index (χ3v) is 6.40. The van der Waals surface area contributed by atoms with Crippen LogP contribution in [0.25, 0.3) is 0 Å². The number of benzene rings is 2. The van der Waals surface area contributed by atoms with Crippen LogP contribution in [0.2, 0.25) is 0 Å². The zero-order valence-electron chi connectivity index (χ0n) is 14.4. The van der Waals surface area contributed by atoms with Crippen LogP contribution in [0.5, 0.6) is 11.5 Å². The molecule has 2 aliphatic rings. The van der Waals surface area contributed by atoms with Crippen molar-refractivity contribution in [1.29, 1.82) is 0 Å². The van der Waals surface area contributed by atoms with Gasteiger partial charge in [-0.1, -0.05) is 18.6 Å². The van der Waals surface area contributed by atoms with Crippen molar-refractivity contribution in [3.05, 3.63) is 53.8 Å². The minimum Gasteiger partial charge on any atom is -0.486 e. The van der Waals surface area contributed by atoms with E-state index in [0.29, 0.717) is 43.1 Å². The number of amides is 1. The van der Waals surface area contributed by atoms with Crippen molar-refractivity contribution in [1.82, 2.24) is 4.72 Å². The molecule has 2 aromatic rings. The van der Waals surface area contributed by atoms with Crippen LogP contribution in [0.1, 0.15) is 24.8 Å². The maximum Gasteiger partial charge on any atom is 0.264 e. The van der Waals surface area contributed by atoms with E-state index >= 15 is 0 Å². The molecule has 0 aromatic heterocycles. The third-order valence-electron chi connectivity index (χ3n) is 5.07. The predicted octanol–water partition coefficient (Wildman–Crippen LogP) is 2.52. The topological polar surface area (TPSA) is 81.7 Å². The van der Waals surface area contributed by atoms with Crippen molar-refractivity contribution in [2.75, 3.05) is 13.2 Å². The van der Waals surface area contributed by atoms with Crippen LogP contribution in [0.3, 0.4) is 0 Å². The summed E-state index contributed by atoms with van der Waals surface area (Å²) in [6.45, 7) is 0.720. The first kappa shape index (κ1) is 17.8. The first-order chi connectivity index (χ1) is 12.9. The fourth-order valence-electron chi connectivity index (χ4n) is 3.43. The Morgan fingerprint density at radius 1 is 1.04 bits per heavy atom. The molecule has 1 N–H and O–H groups in total. The highest BCUT2D eigenvalue weighted by Crippen LogP contribution is 2.44. The molecule has 27 heavy (non-hydrogen) atoms. The summed E-state index contributed by atoms with van der Waals surface area (Å²) in [6, 6.07) is 9.94. The molecule has 142 valence electrons. The molecule has 4 rings (SSSR count). The second-order valence-corrected chi connectivity index (χ2v) is 8.37. The summed E-state index contributed by atoms with van der Waals surface area (Å²) in [5, 5.41) is 0. The Balaban J connectivity index is 1.61. The predicted molar refractivity (Wildman–Crippen MR) is 94.7 cm³/mol. The Morgan fingerprint density at radius 3 is 2.44 bits per heavy atom. The largest absolute Gasteiger partial charge is 0.486 e. The molecule has 6 nitrogen and oxygen atoms in total. The molecule has 1 saturated carbocycles. The van der Waals surface area contributed by atoms with Crippen LogP contribution in [-0.4, -0.2) is 27.5 Å². The lowest BCUT2D eigenvalue weighted by molar-refractivity contribution is -0.128. The average molecular weight is 391 g/mol. The van der Waals surface area contributed by atoms with Gasteiger partial charge in [-0.05, 0) is 42.7 Å². The molecule has 1 fully saturated rings. The van der Waals surface area contributed by atoms with Crippen molar-refractivity contribution >= 4 is 15.9 Å². The Kier molecular flexibility index (Phi) is 4.30. The molecule has 2 aromatic carbocycles. The van der Waals surface area contributed by atoms with Gasteiger partial charge in [0.05, 0.1) is 10.3 Å². The maximum absolute atomic E-state index is 13.6. The minimum atomic E-state index is -4.10. The number of carbonyl (C=O) groups is 1. The van der Waals surface area contributed by atoms with E-state index in [1.54, 1.807) is 6.07 Å². The van der Waals surface area contributed by atoms with Crippen molar-refractivity contribution in [2.24, 2.45) is 0 Å². The number of fused-ring (bicyclic) bond motifs is 1. The Hall–Kier alpha value is -2.61. The van der Waals surface area contributed by atoms with E-state index in [1.165, 1.54) is 36.4 Å². The number of sulfonamides is 1. The summed E-state index contributed by atoms with van der Waals surface area (Å²) in [5.41, 5.74) is -0.535. The summed E-state index contributed by atoms with van der Waals surface area (Å²) >= 11 is 0. The SMILES string of the molecule is O=C(NS(=O)(=O)c1ccc2c(c1)OCCO2)C1(c2cccc(F)c2)CCC1. The zero-order chi connectivity index (χ0) is 19.1. The van der Waals surface area contributed by atoms with Crippen LogP contribution in [-0.2, 0) is 20.2 Å². The standard InChI is InChI=1S/C19H18FNO5S/c20-14-4-1-3-13(11-14)19(7-2-8-19)18(22)21-27(23,24)15-5-6-16-17(12-15)26-10-9-25-16/h1,3-6,11-12H,2,7-10H2,(H,21,22). The lowest BCUT2D eigenvalue weighted by Gasteiger charge is -2.40. The highest BCUT2D eigenvalue weighted by molar-refractivity contribution is 7.90. The number of rotatable bonds is 4. The Labute approximate surface area is 156 Å².